The monoisotopic (exact) mass is 312 g/mol. The zero-order valence-electron chi connectivity index (χ0n) is 12.3. The Bertz CT molecular complexity index is 390. The number of anilines is 1. The summed E-state index contributed by atoms with van der Waals surface area (Å²) < 4.78 is 1.13. The van der Waals surface area contributed by atoms with Gasteiger partial charge in [0.2, 0.25) is 0 Å². The van der Waals surface area contributed by atoms with E-state index in [-0.39, 0.29) is 0 Å². The van der Waals surface area contributed by atoms with E-state index in [9.17, 15) is 0 Å². The van der Waals surface area contributed by atoms with Gasteiger partial charge in [0, 0.05) is 29.3 Å². The highest BCUT2D eigenvalue weighted by molar-refractivity contribution is 9.10. The van der Waals surface area contributed by atoms with Gasteiger partial charge in [0.1, 0.15) is 0 Å². The maximum atomic E-state index is 3.56. The molecule has 0 amide bonds. The molecule has 102 valence electrons. The summed E-state index contributed by atoms with van der Waals surface area (Å²) in [4.78, 5) is 2.38. The molecule has 2 nitrogen and oxygen atoms in total. The summed E-state index contributed by atoms with van der Waals surface area (Å²) in [6.07, 6.45) is 0. The molecule has 0 saturated carbocycles. The van der Waals surface area contributed by atoms with Crippen molar-refractivity contribution < 1.29 is 0 Å². The quantitative estimate of drug-likeness (QED) is 0.876. The summed E-state index contributed by atoms with van der Waals surface area (Å²) in [7, 11) is 4.18. The van der Waals surface area contributed by atoms with E-state index < -0.39 is 0 Å². The molecule has 1 aromatic rings. The van der Waals surface area contributed by atoms with Gasteiger partial charge in [-0.25, -0.2) is 0 Å². The molecule has 18 heavy (non-hydrogen) atoms. The molecule has 0 aliphatic heterocycles. The van der Waals surface area contributed by atoms with Crippen molar-refractivity contribution in [1.29, 1.82) is 0 Å². The maximum absolute atomic E-state index is 3.56. The molecule has 0 spiro atoms. The van der Waals surface area contributed by atoms with Crippen LogP contribution in [0.5, 0.6) is 0 Å². The Hall–Kier alpha value is -0.540. The first-order valence-electron chi connectivity index (χ1n) is 6.58. The molecule has 0 radical (unpaired) electrons. The van der Waals surface area contributed by atoms with Crippen LogP contribution in [0, 0.1) is 5.92 Å². The van der Waals surface area contributed by atoms with Gasteiger partial charge in [-0.3, -0.25) is 0 Å². The largest absolute Gasteiger partial charge is 0.371 e. The highest BCUT2D eigenvalue weighted by Gasteiger charge is 2.18. The molecule has 0 heterocycles. The molecule has 0 aromatic heterocycles. The van der Waals surface area contributed by atoms with Crippen molar-refractivity contribution in [2.45, 2.75) is 39.8 Å². The second kappa shape index (κ2) is 6.58. The Morgan fingerprint density at radius 3 is 2.28 bits per heavy atom. The summed E-state index contributed by atoms with van der Waals surface area (Å²) in [5.41, 5.74) is 2.64. The van der Waals surface area contributed by atoms with Crippen LogP contribution >= 0.6 is 15.9 Å². The predicted molar refractivity (Wildman–Crippen MR) is 84.3 cm³/mol. The van der Waals surface area contributed by atoms with Crippen LogP contribution in [0.1, 0.15) is 39.3 Å². The van der Waals surface area contributed by atoms with E-state index in [1.165, 1.54) is 11.3 Å². The predicted octanol–water partition coefficient (Wildman–Crippen LogP) is 4.21. The summed E-state index contributed by atoms with van der Waals surface area (Å²) in [6.45, 7) is 9.00. The van der Waals surface area contributed by atoms with E-state index in [4.69, 9.17) is 0 Å². The first kappa shape index (κ1) is 15.5. The van der Waals surface area contributed by atoms with E-state index >= 15 is 0 Å². The lowest BCUT2D eigenvalue weighted by atomic mass is 10.0. The lowest BCUT2D eigenvalue weighted by Gasteiger charge is -2.33. The van der Waals surface area contributed by atoms with Crippen molar-refractivity contribution in [2.24, 2.45) is 5.92 Å². The van der Waals surface area contributed by atoms with Crippen LogP contribution in [-0.2, 0) is 0 Å². The molecule has 0 aliphatic rings. The molecule has 0 aliphatic carbocycles. The van der Waals surface area contributed by atoms with E-state index in [0.29, 0.717) is 18.0 Å². The van der Waals surface area contributed by atoms with Crippen molar-refractivity contribution in [1.82, 2.24) is 5.32 Å². The molecule has 3 heteroatoms. The zero-order valence-corrected chi connectivity index (χ0v) is 13.9. The third-order valence-corrected chi connectivity index (χ3v) is 4.34. The first-order valence-corrected chi connectivity index (χ1v) is 7.37. The lowest BCUT2D eigenvalue weighted by Crippen LogP contribution is -2.34. The molecule has 0 saturated heterocycles. The van der Waals surface area contributed by atoms with Crippen LogP contribution in [0.3, 0.4) is 0 Å². The van der Waals surface area contributed by atoms with E-state index in [1.807, 2.05) is 7.05 Å². The van der Waals surface area contributed by atoms with Crippen LogP contribution in [0.25, 0.3) is 0 Å². The smallest absolute Gasteiger partial charge is 0.0415 e. The van der Waals surface area contributed by atoms with Crippen LogP contribution in [-0.4, -0.2) is 20.1 Å². The van der Waals surface area contributed by atoms with Gasteiger partial charge in [0.25, 0.3) is 0 Å². The number of rotatable bonds is 5. The van der Waals surface area contributed by atoms with Crippen molar-refractivity contribution in [3.8, 4) is 0 Å². The topological polar surface area (TPSA) is 15.3 Å². The maximum Gasteiger partial charge on any atom is 0.0415 e. The standard InChI is InChI=1S/C15H25BrN2/c1-10(2)12(4)18(6)15-8-7-13(16)9-14(15)11(3)17-5/h7-12,17H,1-6H3. The fraction of sp³-hybridized carbons (Fsp3) is 0.600. The number of hydrogen-bond acceptors (Lipinski definition) is 2. The zero-order chi connectivity index (χ0) is 13.9. The highest BCUT2D eigenvalue weighted by atomic mass is 79.9. The Balaban J connectivity index is 3.15. The molecule has 0 fully saturated rings. The third kappa shape index (κ3) is 3.48. The summed E-state index contributed by atoms with van der Waals surface area (Å²) in [5, 5.41) is 3.32. The molecular formula is C15H25BrN2. The van der Waals surface area contributed by atoms with Crippen molar-refractivity contribution in [3.05, 3.63) is 28.2 Å². The molecule has 2 unspecified atom stereocenters. The fourth-order valence-electron chi connectivity index (χ4n) is 2.02. The third-order valence-electron chi connectivity index (χ3n) is 3.84. The molecule has 1 N–H and O–H groups in total. The van der Waals surface area contributed by atoms with Gasteiger partial charge >= 0.3 is 0 Å². The second-order valence-corrected chi connectivity index (χ2v) is 6.22. The fourth-order valence-corrected chi connectivity index (χ4v) is 2.39. The minimum Gasteiger partial charge on any atom is -0.371 e. The van der Waals surface area contributed by atoms with Crippen molar-refractivity contribution in [3.63, 3.8) is 0 Å². The van der Waals surface area contributed by atoms with Gasteiger partial charge in [-0.2, -0.15) is 0 Å². The van der Waals surface area contributed by atoms with Crippen LogP contribution in [0.2, 0.25) is 0 Å². The summed E-state index contributed by atoms with van der Waals surface area (Å²) in [6, 6.07) is 7.39. The number of nitrogens with one attached hydrogen (secondary N) is 1. The van der Waals surface area contributed by atoms with Crippen LogP contribution in [0.15, 0.2) is 22.7 Å². The average Bonchev–Trinajstić information content (AvgIpc) is 2.35. The van der Waals surface area contributed by atoms with Crippen molar-refractivity contribution in [2.75, 3.05) is 19.0 Å². The molecule has 0 bridgehead atoms. The summed E-state index contributed by atoms with van der Waals surface area (Å²) in [5.74, 6) is 0.636. The van der Waals surface area contributed by atoms with Gasteiger partial charge in [-0.1, -0.05) is 29.8 Å². The Morgan fingerprint density at radius 1 is 1.17 bits per heavy atom. The SMILES string of the molecule is CNC(C)c1cc(Br)ccc1N(C)C(C)C(C)C. The minimum atomic E-state index is 0.347. The minimum absolute atomic E-state index is 0.347. The second-order valence-electron chi connectivity index (χ2n) is 5.31. The van der Waals surface area contributed by atoms with E-state index in [1.54, 1.807) is 0 Å². The molecular weight excluding hydrogens is 288 g/mol. The van der Waals surface area contributed by atoms with Crippen LogP contribution < -0.4 is 10.2 Å². The molecule has 1 rings (SSSR count). The Kier molecular flexibility index (Phi) is 5.67. The van der Waals surface area contributed by atoms with Gasteiger partial charge in [-0.05, 0) is 50.6 Å². The van der Waals surface area contributed by atoms with Gasteiger partial charge in [-0.15, -0.1) is 0 Å². The number of hydrogen-bond donors (Lipinski definition) is 1. The number of halogens is 1. The van der Waals surface area contributed by atoms with Crippen LogP contribution in [0.4, 0.5) is 5.69 Å². The molecule has 1 aromatic carbocycles. The highest BCUT2D eigenvalue weighted by Crippen LogP contribution is 2.30. The van der Waals surface area contributed by atoms with Gasteiger partial charge in [0.15, 0.2) is 0 Å². The Morgan fingerprint density at radius 2 is 1.78 bits per heavy atom. The Labute approximate surface area is 120 Å². The average molecular weight is 313 g/mol. The van der Waals surface area contributed by atoms with E-state index in [2.05, 4.69) is 79.1 Å². The number of nitrogens with zero attached hydrogens (tertiary/aromatic N) is 1. The number of benzene rings is 1. The van der Waals surface area contributed by atoms with Gasteiger partial charge < -0.3 is 10.2 Å². The molecule has 2 atom stereocenters. The van der Waals surface area contributed by atoms with E-state index in [0.717, 1.165) is 4.47 Å². The first-order chi connectivity index (χ1) is 8.38. The van der Waals surface area contributed by atoms with Gasteiger partial charge in [0.05, 0.1) is 0 Å². The normalized spacial score (nSPS) is 14.7. The van der Waals surface area contributed by atoms with Crippen molar-refractivity contribution >= 4 is 21.6 Å². The summed E-state index contributed by atoms with van der Waals surface area (Å²) >= 11 is 3.56. The lowest BCUT2D eigenvalue weighted by molar-refractivity contribution is 0.503.